The van der Waals surface area contributed by atoms with Crippen molar-refractivity contribution in [2.24, 2.45) is 5.92 Å². The van der Waals surface area contributed by atoms with Crippen LogP contribution in [0.4, 0.5) is 13.2 Å². The topological polar surface area (TPSA) is 103 Å². The largest absolute Gasteiger partial charge is 0.741 e. The Hall–Kier alpha value is -2.44. The van der Waals surface area contributed by atoms with Crippen LogP contribution >= 0.6 is 0 Å². The maximum Gasteiger partial charge on any atom is 0.485 e. The van der Waals surface area contributed by atoms with E-state index >= 15 is 0 Å². The summed E-state index contributed by atoms with van der Waals surface area (Å²) in [6, 6.07) is 27.8. The Labute approximate surface area is 244 Å². The van der Waals surface area contributed by atoms with E-state index in [9.17, 15) is 21.6 Å². The van der Waals surface area contributed by atoms with Crippen LogP contribution in [0.3, 0.4) is 0 Å². The average molecular weight is 708 g/mol. The highest BCUT2D eigenvalue weighted by atomic mass is 127. The highest BCUT2D eigenvalue weighted by Crippen LogP contribution is 2.20. The molecule has 1 atom stereocenters. The number of sulfonamides is 1. The van der Waals surface area contributed by atoms with Gasteiger partial charge in [0.05, 0.1) is 4.90 Å². The number of hydrogen-bond acceptors (Lipinski definition) is 5. The van der Waals surface area contributed by atoms with E-state index in [0.29, 0.717) is 11.4 Å². The molecule has 0 heterocycles. The van der Waals surface area contributed by atoms with Crippen LogP contribution in [-0.4, -0.2) is 33.4 Å². The molecule has 0 fully saturated rings. The lowest BCUT2D eigenvalue weighted by Gasteiger charge is -2.11. The van der Waals surface area contributed by atoms with Gasteiger partial charge in [0.25, 0.3) is 0 Å². The van der Waals surface area contributed by atoms with Crippen LogP contribution < -0.4 is 25.9 Å². The molecule has 0 saturated heterocycles. The highest BCUT2D eigenvalue weighted by Gasteiger charge is 2.36. The minimum atomic E-state index is -6.09. The summed E-state index contributed by atoms with van der Waals surface area (Å²) in [5.74, 6) is 3.76. The monoisotopic (exact) mass is 707 g/mol. The van der Waals surface area contributed by atoms with Crippen molar-refractivity contribution in [1.29, 1.82) is 0 Å². The van der Waals surface area contributed by atoms with E-state index in [0.717, 1.165) is 31.2 Å². The number of nitrogens with one attached hydrogen (secondary N) is 1. The van der Waals surface area contributed by atoms with Gasteiger partial charge in [0, 0.05) is 12.5 Å². The Balaban J connectivity index is 0.000000611. The molecule has 0 saturated carbocycles. The number of hydrogen-bond donors (Lipinski definition) is 1. The summed E-state index contributed by atoms with van der Waals surface area (Å²) in [7, 11) is -9.55. The van der Waals surface area contributed by atoms with Crippen molar-refractivity contribution in [1.82, 2.24) is 4.72 Å². The van der Waals surface area contributed by atoms with Gasteiger partial charge in [0.2, 0.25) is 13.6 Å². The van der Waals surface area contributed by atoms with Crippen LogP contribution in [0.1, 0.15) is 30.4 Å². The summed E-state index contributed by atoms with van der Waals surface area (Å²) >= 11 is -0.318. The van der Waals surface area contributed by atoms with E-state index in [1.54, 1.807) is 12.1 Å². The summed E-state index contributed by atoms with van der Waals surface area (Å²) in [6.07, 6.45) is 3.62. The molecule has 0 aliphatic heterocycles. The molecule has 0 aliphatic carbocycles. The van der Waals surface area contributed by atoms with Gasteiger partial charge < -0.3 is 4.55 Å². The third-order valence-corrected chi connectivity index (χ3v) is 9.38. The van der Waals surface area contributed by atoms with Crippen LogP contribution in [0.2, 0.25) is 0 Å². The van der Waals surface area contributed by atoms with Crippen LogP contribution in [0.15, 0.2) is 89.8 Å². The van der Waals surface area contributed by atoms with Crippen molar-refractivity contribution in [2.45, 2.75) is 43.0 Å². The summed E-state index contributed by atoms with van der Waals surface area (Å²) in [4.78, 5) is 0.316. The van der Waals surface area contributed by atoms with Crippen molar-refractivity contribution >= 4 is 20.1 Å². The van der Waals surface area contributed by atoms with Crippen molar-refractivity contribution in [3.63, 3.8) is 0 Å². The first kappa shape index (κ1) is 33.8. The Morgan fingerprint density at radius 1 is 0.875 bits per heavy atom. The Kier molecular flexibility index (Phi) is 13.6. The molecule has 1 N–H and O–H groups in total. The molecular formula is C28H29F3INO5S2. The molecule has 3 aromatic rings. The van der Waals surface area contributed by atoms with Gasteiger partial charge in [0.15, 0.2) is 14.0 Å². The standard InChI is InChI=1S/C27H29INO2S.CHF3O3S/c1-23-14-18-27(19-15-23)32(30,31)29-22-8-11-25(17-16-24-9-4-2-5-10-24)20-21-28-26-12-6-3-7-13-26;2-1(3,4)8(5,6)7/h2-7,9-10,12-15,18-19,25,29H,8,11,16-17,22H2,1H3;(H,5,6,7)/q+1;/p-1. The highest BCUT2D eigenvalue weighted by molar-refractivity contribution is 7.89. The third kappa shape index (κ3) is 12.8. The molecule has 0 spiro atoms. The lowest BCUT2D eigenvalue weighted by Crippen LogP contribution is -3.59. The normalized spacial score (nSPS) is 12.4. The van der Waals surface area contributed by atoms with E-state index in [-0.39, 0.29) is 27.1 Å². The van der Waals surface area contributed by atoms with Crippen LogP contribution in [0, 0.1) is 26.3 Å². The van der Waals surface area contributed by atoms with Crippen molar-refractivity contribution < 1.29 is 55.8 Å². The summed E-state index contributed by atoms with van der Waals surface area (Å²) in [5.41, 5.74) is -3.29. The number of aryl methyl sites for hydroxylation is 2. The Bertz CT molecular complexity index is 1460. The maximum absolute atomic E-state index is 12.5. The van der Waals surface area contributed by atoms with E-state index in [2.05, 4.69) is 63.1 Å². The second-order valence-electron chi connectivity index (χ2n) is 8.60. The molecule has 40 heavy (non-hydrogen) atoms. The minimum Gasteiger partial charge on any atom is -0.741 e. The maximum atomic E-state index is 12.5. The van der Waals surface area contributed by atoms with E-state index in [1.165, 1.54) is 9.13 Å². The van der Waals surface area contributed by atoms with E-state index in [1.807, 2.05) is 31.2 Å². The van der Waals surface area contributed by atoms with Gasteiger partial charge in [0.1, 0.15) is 0 Å². The molecule has 0 aromatic heterocycles. The number of benzene rings is 3. The SMILES string of the molecule is Cc1ccc(S(=O)(=O)NCCCC(C#C[I+]c2ccccc2)CCc2ccccc2)cc1.O=S(=O)([O-])C(F)(F)F. The first-order valence-electron chi connectivity index (χ1n) is 12.1. The van der Waals surface area contributed by atoms with Gasteiger partial charge in [-0.1, -0.05) is 66.2 Å². The predicted octanol–water partition coefficient (Wildman–Crippen LogP) is 2.27. The van der Waals surface area contributed by atoms with E-state index in [4.69, 9.17) is 13.0 Å². The molecule has 0 amide bonds. The van der Waals surface area contributed by atoms with Gasteiger partial charge in [-0.2, -0.15) is 13.2 Å². The second-order valence-corrected chi connectivity index (χ2v) is 14.1. The van der Waals surface area contributed by atoms with Gasteiger partial charge in [-0.15, -0.1) is 0 Å². The van der Waals surface area contributed by atoms with Crippen molar-refractivity contribution in [3.05, 3.63) is 99.6 Å². The number of halogens is 4. The zero-order valence-electron chi connectivity index (χ0n) is 21.6. The van der Waals surface area contributed by atoms with E-state index < -0.39 is 25.6 Å². The molecule has 3 rings (SSSR count). The van der Waals surface area contributed by atoms with Crippen LogP contribution in [0.25, 0.3) is 0 Å². The summed E-state index contributed by atoms with van der Waals surface area (Å²) < 4.78 is 91.4. The molecule has 1 unspecified atom stereocenters. The van der Waals surface area contributed by atoms with Gasteiger partial charge in [-0.3, -0.25) is 0 Å². The zero-order chi connectivity index (χ0) is 29.7. The first-order chi connectivity index (χ1) is 18.8. The molecular weight excluding hydrogens is 678 g/mol. The number of alkyl halides is 3. The van der Waals surface area contributed by atoms with Crippen molar-refractivity contribution in [3.8, 4) is 9.85 Å². The molecule has 0 bridgehead atoms. The fourth-order valence-corrected chi connectivity index (χ4v) is 6.02. The molecule has 6 nitrogen and oxygen atoms in total. The lowest BCUT2D eigenvalue weighted by molar-refractivity contribution is -0.535. The first-order valence-corrected chi connectivity index (χ1v) is 17.1. The van der Waals surface area contributed by atoms with Crippen molar-refractivity contribution in [2.75, 3.05) is 6.54 Å². The Morgan fingerprint density at radius 2 is 1.43 bits per heavy atom. The fraction of sp³-hybridized carbons (Fsp3) is 0.286. The summed E-state index contributed by atoms with van der Waals surface area (Å²) in [6.45, 7) is 2.37. The van der Waals surface area contributed by atoms with Gasteiger partial charge in [-0.05, 0) is 68.4 Å². The predicted molar refractivity (Wildman–Crippen MR) is 143 cm³/mol. The molecule has 3 aromatic carbocycles. The smallest absolute Gasteiger partial charge is 0.485 e. The van der Waals surface area contributed by atoms with Gasteiger partial charge >= 0.3 is 26.7 Å². The van der Waals surface area contributed by atoms with Gasteiger partial charge in [-0.25, -0.2) is 21.6 Å². The zero-order valence-corrected chi connectivity index (χ0v) is 25.4. The average Bonchev–Trinajstić information content (AvgIpc) is 2.90. The second kappa shape index (κ2) is 16.1. The Morgan fingerprint density at radius 3 is 1.98 bits per heavy atom. The minimum absolute atomic E-state index is 0.266. The summed E-state index contributed by atoms with van der Waals surface area (Å²) in [5, 5.41) is 0. The molecule has 216 valence electrons. The van der Waals surface area contributed by atoms with Crippen LogP contribution in [0.5, 0.6) is 0 Å². The lowest BCUT2D eigenvalue weighted by atomic mass is 9.96. The molecule has 0 aliphatic rings. The quantitative estimate of drug-likeness (QED) is 0.115. The third-order valence-electron chi connectivity index (χ3n) is 5.41. The fourth-order valence-electron chi connectivity index (χ4n) is 3.27. The number of rotatable bonds is 10. The molecule has 0 radical (unpaired) electrons. The molecule has 12 heteroatoms. The van der Waals surface area contributed by atoms with Crippen LogP contribution in [-0.2, 0) is 26.6 Å².